The van der Waals surface area contributed by atoms with Gasteiger partial charge in [0.15, 0.2) is 5.01 Å². The SMILES string of the molecule is COc1ncccc1-c1nnc(NC(=O)O)s1. The van der Waals surface area contributed by atoms with Gasteiger partial charge in [0.1, 0.15) is 0 Å². The highest BCUT2D eigenvalue weighted by atomic mass is 32.1. The van der Waals surface area contributed by atoms with E-state index in [0.717, 1.165) is 11.3 Å². The van der Waals surface area contributed by atoms with Gasteiger partial charge in [0.05, 0.1) is 12.7 Å². The monoisotopic (exact) mass is 252 g/mol. The van der Waals surface area contributed by atoms with Gasteiger partial charge in [-0.2, -0.15) is 0 Å². The van der Waals surface area contributed by atoms with Gasteiger partial charge < -0.3 is 9.84 Å². The Bertz CT molecular complexity index is 543. The summed E-state index contributed by atoms with van der Waals surface area (Å²) >= 11 is 1.11. The molecule has 0 aliphatic heterocycles. The summed E-state index contributed by atoms with van der Waals surface area (Å²) in [6, 6.07) is 3.51. The van der Waals surface area contributed by atoms with Gasteiger partial charge in [-0.05, 0) is 12.1 Å². The van der Waals surface area contributed by atoms with E-state index in [1.165, 1.54) is 7.11 Å². The number of pyridine rings is 1. The molecule has 0 atom stereocenters. The molecule has 0 radical (unpaired) electrons. The van der Waals surface area contributed by atoms with Crippen LogP contribution in [-0.2, 0) is 0 Å². The van der Waals surface area contributed by atoms with Crippen LogP contribution in [0.3, 0.4) is 0 Å². The van der Waals surface area contributed by atoms with E-state index in [0.29, 0.717) is 16.5 Å². The number of carbonyl (C=O) groups is 1. The number of hydrogen-bond acceptors (Lipinski definition) is 6. The molecular formula is C9H8N4O3S. The predicted molar refractivity (Wildman–Crippen MR) is 61.3 cm³/mol. The van der Waals surface area contributed by atoms with Crippen molar-refractivity contribution >= 4 is 22.6 Å². The van der Waals surface area contributed by atoms with Crippen molar-refractivity contribution in [1.82, 2.24) is 15.2 Å². The third kappa shape index (κ3) is 2.48. The summed E-state index contributed by atoms with van der Waals surface area (Å²) in [5, 5.41) is 19.0. The minimum Gasteiger partial charge on any atom is -0.480 e. The molecule has 2 rings (SSSR count). The Hall–Kier alpha value is -2.22. The summed E-state index contributed by atoms with van der Waals surface area (Å²) in [4.78, 5) is 14.5. The van der Waals surface area contributed by atoms with Crippen LogP contribution in [0.4, 0.5) is 9.93 Å². The maximum atomic E-state index is 10.4. The number of carboxylic acid groups (broad SMARTS) is 1. The van der Waals surface area contributed by atoms with Crippen LogP contribution in [-0.4, -0.2) is 33.5 Å². The molecule has 0 saturated carbocycles. The van der Waals surface area contributed by atoms with E-state index in [4.69, 9.17) is 9.84 Å². The lowest BCUT2D eigenvalue weighted by molar-refractivity contribution is 0.209. The third-order valence-electron chi connectivity index (χ3n) is 1.83. The maximum absolute atomic E-state index is 10.4. The molecule has 88 valence electrons. The molecule has 0 unspecified atom stereocenters. The zero-order valence-corrected chi connectivity index (χ0v) is 9.56. The first-order valence-corrected chi connectivity index (χ1v) is 5.35. The lowest BCUT2D eigenvalue weighted by atomic mass is 10.3. The molecule has 1 amide bonds. The van der Waals surface area contributed by atoms with Crippen LogP contribution in [0.15, 0.2) is 18.3 Å². The molecule has 0 aliphatic rings. The molecule has 0 spiro atoms. The van der Waals surface area contributed by atoms with E-state index < -0.39 is 6.09 Å². The van der Waals surface area contributed by atoms with E-state index in [-0.39, 0.29) is 5.13 Å². The van der Waals surface area contributed by atoms with E-state index in [2.05, 4.69) is 20.5 Å². The van der Waals surface area contributed by atoms with Crippen LogP contribution in [0.2, 0.25) is 0 Å². The molecule has 2 aromatic rings. The molecule has 0 bridgehead atoms. The molecule has 0 saturated heterocycles. The number of nitrogens with zero attached hydrogens (tertiary/aromatic N) is 3. The normalized spacial score (nSPS) is 9.94. The molecule has 0 aliphatic carbocycles. The molecule has 8 heteroatoms. The van der Waals surface area contributed by atoms with E-state index in [9.17, 15) is 4.79 Å². The van der Waals surface area contributed by atoms with Crippen LogP contribution >= 0.6 is 11.3 Å². The second kappa shape index (κ2) is 4.74. The first-order valence-electron chi connectivity index (χ1n) is 4.53. The van der Waals surface area contributed by atoms with Crippen molar-refractivity contribution in [1.29, 1.82) is 0 Å². The average Bonchev–Trinajstić information content (AvgIpc) is 2.76. The summed E-state index contributed by atoms with van der Waals surface area (Å²) in [6.45, 7) is 0. The summed E-state index contributed by atoms with van der Waals surface area (Å²) in [5.41, 5.74) is 0.672. The van der Waals surface area contributed by atoms with Crippen molar-refractivity contribution in [3.8, 4) is 16.5 Å². The lowest BCUT2D eigenvalue weighted by Crippen LogP contribution is -2.06. The number of amides is 1. The molecule has 2 heterocycles. The van der Waals surface area contributed by atoms with Gasteiger partial charge in [0.25, 0.3) is 0 Å². The van der Waals surface area contributed by atoms with Crippen molar-refractivity contribution in [2.75, 3.05) is 12.4 Å². The van der Waals surface area contributed by atoms with Gasteiger partial charge in [-0.3, -0.25) is 5.32 Å². The molecule has 7 nitrogen and oxygen atoms in total. The quantitative estimate of drug-likeness (QED) is 0.862. The topological polar surface area (TPSA) is 97.2 Å². The Morgan fingerprint density at radius 3 is 3.06 bits per heavy atom. The Balaban J connectivity index is 2.33. The first-order chi connectivity index (χ1) is 8.20. The van der Waals surface area contributed by atoms with Gasteiger partial charge in [-0.15, -0.1) is 10.2 Å². The molecule has 0 aromatic carbocycles. The number of nitrogens with one attached hydrogen (secondary N) is 1. The van der Waals surface area contributed by atoms with Crippen molar-refractivity contribution in [3.63, 3.8) is 0 Å². The van der Waals surface area contributed by atoms with E-state index >= 15 is 0 Å². The van der Waals surface area contributed by atoms with Gasteiger partial charge in [0, 0.05) is 6.20 Å². The molecular weight excluding hydrogens is 244 g/mol. The molecule has 2 N–H and O–H groups in total. The van der Waals surface area contributed by atoms with Gasteiger partial charge in [-0.1, -0.05) is 11.3 Å². The third-order valence-corrected chi connectivity index (χ3v) is 2.71. The standard InChI is InChI=1S/C9H8N4O3S/c1-16-6-5(3-2-4-10-6)7-12-13-8(17-7)11-9(14)15/h2-4H,1H3,(H,11,13)(H,14,15). The zero-order chi connectivity index (χ0) is 12.3. The smallest absolute Gasteiger partial charge is 0.411 e. The van der Waals surface area contributed by atoms with Crippen molar-refractivity contribution in [2.45, 2.75) is 0 Å². The van der Waals surface area contributed by atoms with Gasteiger partial charge >= 0.3 is 6.09 Å². The first kappa shape index (κ1) is 11.3. The Labute approximate surface area is 100 Å². The highest BCUT2D eigenvalue weighted by Crippen LogP contribution is 2.31. The van der Waals surface area contributed by atoms with Crippen LogP contribution < -0.4 is 10.1 Å². The van der Waals surface area contributed by atoms with Crippen LogP contribution in [0.1, 0.15) is 0 Å². The molecule has 2 aromatic heterocycles. The number of hydrogen-bond donors (Lipinski definition) is 2. The Morgan fingerprint density at radius 2 is 2.35 bits per heavy atom. The number of anilines is 1. The van der Waals surface area contributed by atoms with Crippen LogP contribution in [0.25, 0.3) is 10.6 Å². The summed E-state index contributed by atoms with van der Waals surface area (Å²) in [6.07, 6.45) is 0.422. The largest absolute Gasteiger partial charge is 0.480 e. The summed E-state index contributed by atoms with van der Waals surface area (Å²) < 4.78 is 5.08. The highest BCUT2D eigenvalue weighted by Gasteiger charge is 2.13. The average molecular weight is 252 g/mol. The van der Waals surface area contributed by atoms with Crippen molar-refractivity contribution in [2.24, 2.45) is 0 Å². The number of rotatable bonds is 3. The van der Waals surface area contributed by atoms with Crippen molar-refractivity contribution in [3.05, 3.63) is 18.3 Å². The number of methoxy groups -OCH3 is 1. The fourth-order valence-corrected chi connectivity index (χ4v) is 1.94. The minimum atomic E-state index is -1.18. The lowest BCUT2D eigenvalue weighted by Gasteiger charge is -2.02. The fraction of sp³-hybridized carbons (Fsp3) is 0.111. The second-order valence-electron chi connectivity index (χ2n) is 2.90. The minimum absolute atomic E-state index is 0.207. The number of aromatic nitrogens is 3. The van der Waals surface area contributed by atoms with Crippen LogP contribution in [0, 0.1) is 0 Å². The van der Waals surface area contributed by atoms with Gasteiger partial charge in [0.2, 0.25) is 11.0 Å². The van der Waals surface area contributed by atoms with E-state index in [1.807, 2.05) is 0 Å². The summed E-state index contributed by atoms with van der Waals surface area (Å²) in [5.74, 6) is 0.422. The number of ether oxygens (including phenoxy) is 1. The molecule has 0 fully saturated rings. The van der Waals surface area contributed by atoms with E-state index in [1.54, 1.807) is 18.3 Å². The maximum Gasteiger partial charge on any atom is 0.411 e. The molecule has 17 heavy (non-hydrogen) atoms. The Morgan fingerprint density at radius 1 is 1.53 bits per heavy atom. The van der Waals surface area contributed by atoms with Crippen LogP contribution in [0.5, 0.6) is 5.88 Å². The summed E-state index contributed by atoms with van der Waals surface area (Å²) in [7, 11) is 1.50. The zero-order valence-electron chi connectivity index (χ0n) is 8.75. The fourth-order valence-electron chi connectivity index (χ4n) is 1.19. The second-order valence-corrected chi connectivity index (χ2v) is 3.88. The highest BCUT2D eigenvalue weighted by molar-refractivity contribution is 7.18. The van der Waals surface area contributed by atoms with Gasteiger partial charge in [-0.25, -0.2) is 9.78 Å². The predicted octanol–water partition coefficient (Wildman–Crippen LogP) is 1.70. The Kier molecular flexibility index (Phi) is 3.15. The van der Waals surface area contributed by atoms with Crippen molar-refractivity contribution < 1.29 is 14.6 Å².